The summed E-state index contributed by atoms with van der Waals surface area (Å²) in [7, 11) is 0. The van der Waals surface area contributed by atoms with E-state index in [4.69, 9.17) is 14.2 Å². The molecule has 2 aliphatic rings. The van der Waals surface area contributed by atoms with E-state index in [0.29, 0.717) is 30.1 Å². The third-order valence-corrected chi connectivity index (χ3v) is 4.03. The van der Waals surface area contributed by atoms with Crippen molar-refractivity contribution in [2.24, 2.45) is 0 Å². The monoisotopic (exact) mass is 305 g/mol. The van der Waals surface area contributed by atoms with Crippen LogP contribution in [0.2, 0.25) is 0 Å². The van der Waals surface area contributed by atoms with Crippen molar-refractivity contribution in [1.29, 1.82) is 0 Å². The summed E-state index contributed by atoms with van der Waals surface area (Å²) in [4.78, 5) is 12.1. The highest BCUT2D eigenvalue weighted by Gasteiger charge is 2.33. The summed E-state index contributed by atoms with van der Waals surface area (Å²) in [6.07, 6.45) is 0.361. The second-order valence-electron chi connectivity index (χ2n) is 6.56. The largest absolute Gasteiger partial charge is 0.488 e. The van der Waals surface area contributed by atoms with Crippen LogP contribution in [-0.2, 0) is 4.74 Å². The highest BCUT2D eigenvalue weighted by molar-refractivity contribution is 6.00. The molecule has 2 atom stereocenters. The van der Waals surface area contributed by atoms with Crippen molar-refractivity contribution >= 4 is 5.78 Å². The van der Waals surface area contributed by atoms with Gasteiger partial charge in [-0.05, 0) is 32.9 Å². The Balaban J connectivity index is 1.74. The number of ether oxygens (including phenoxy) is 3. The summed E-state index contributed by atoms with van der Waals surface area (Å²) < 4.78 is 17.6. The van der Waals surface area contributed by atoms with Crippen LogP contribution >= 0.6 is 0 Å². The van der Waals surface area contributed by atoms with E-state index in [0.717, 1.165) is 13.1 Å². The summed E-state index contributed by atoms with van der Waals surface area (Å²) in [5.74, 6) is 1.42. The van der Waals surface area contributed by atoms with Crippen LogP contribution in [0.15, 0.2) is 18.2 Å². The summed E-state index contributed by atoms with van der Waals surface area (Å²) in [5.41, 5.74) is 0.167. The first-order valence-corrected chi connectivity index (χ1v) is 7.80. The zero-order valence-electron chi connectivity index (χ0n) is 13.3. The van der Waals surface area contributed by atoms with Gasteiger partial charge in [0.2, 0.25) is 0 Å². The molecule has 0 bridgehead atoms. The first-order valence-electron chi connectivity index (χ1n) is 7.80. The van der Waals surface area contributed by atoms with E-state index in [1.807, 2.05) is 26.8 Å². The number of benzene rings is 1. The second-order valence-corrected chi connectivity index (χ2v) is 6.56. The van der Waals surface area contributed by atoms with E-state index in [-0.39, 0.29) is 18.0 Å². The SMILES string of the molecule is CC(Oc1ccc2c(c1)OC(C)(C)CC2=O)C1CNCCO1. The third-order valence-electron chi connectivity index (χ3n) is 4.03. The molecule has 1 fully saturated rings. The number of hydrogen-bond donors (Lipinski definition) is 1. The van der Waals surface area contributed by atoms with Crippen LogP contribution < -0.4 is 14.8 Å². The molecule has 22 heavy (non-hydrogen) atoms. The molecule has 1 N–H and O–H groups in total. The fourth-order valence-corrected chi connectivity index (χ4v) is 2.88. The standard InChI is InChI=1S/C17H23NO4/c1-11(16-10-18-6-7-20-16)21-12-4-5-13-14(19)9-17(2,3)22-15(13)8-12/h4-5,8,11,16,18H,6-7,9-10H2,1-3H3. The van der Waals surface area contributed by atoms with E-state index in [1.165, 1.54) is 0 Å². The van der Waals surface area contributed by atoms with Crippen LogP contribution in [0, 0.1) is 0 Å². The van der Waals surface area contributed by atoms with Crippen molar-refractivity contribution in [1.82, 2.24) is 5.32 Å². The Morgan fingerprint density at radius 1 is 1.41 bits per heavy atom. The molecular formula is C17H23NO4. The zero-order chi connectivity index (χ0) is 15.7. The van der Waals surface area contributed by atoms with E-state index < -0.39 is 5.60 Å². The number of fused-ring (bicyclic) bond motifs is 1. The molecule has 2 heterocycles. The molecule has 0 amide bonds. The van der Waals surface area contributed by atoms with Gasteiger partial charge in [0.1, 0.15) is 29.3 Å². The number of carbonyl (C=O) groups excluding carboxylic acids is 1. The van der Waals surface area contributed by atoms with Crippen LogP contribution in [0.3, 0.4) is 0 Å². The topological polar surface area (TPSA) is 56.8 Å². The molecular weight excluding hydrogens is 282 g/mol. The molecule has 0 aromatic heterocycles. The lowest BCUT2D eigenvalue weighted by Gasteiger charge is -2.32. The van der Waals surface area contributed by atoms with Gasteiger partial charge in [-0.25, -0.2) is 0 Å². The van der Waals surface area contributed by atoms with Gasteiger partial charge in [-0.15, -0.1) is 0 Å². The smallest absolute Gasteiger partial charge is 0.170 e. The number of hydrogen-bond acceptors (Lipinski definition) is 5. The molecule has 3 rings (SSSR count). The average Bonchev–Trinajstić information content (AvgIpc) is 2.46. The van der Waals surface area contributed by atoms with E-state index in [2.05, 4.69) is 5.32 Å². The quantitative estimate of drug-likeness (QED) is 0.927. The molecule has 5 heteroatoms. The van der Waals surface area contributed by atoms with Gasteiger partial charge in [0, 0.05) is 19.2 Å². The number of carbonyl (C=O) groups is 1. The van der Waals surface area contributed by atoms with Crippen molar-refractivity contribution in [3.05, 3.63) is 23.8 Å². The molecule has 2 unspecified atom stereocenters. The van der Waals surface area contributed by atoms with Crippen molar-refractivity contribution in [3.8, 4) is 11.5 Å². The first kappa shape index (κ1) is 15.3. The molecule has 0 aliphatic carbocycles. The number of morpholine rings is 1. The number of Topliss-reactive ketones (excluding diaryl/α,β-unsaturated/α-hetero) is 1. The van der Waals surface area contributed by atoms with Crippen LogP contribution in [0.4, 0.5) is 0 Å². The maximum Gasteiger partial charge on any atom is 0.170 e. The van der Waals surface area contributed by atoms with Crippen molar-refractivity contribution in [2.75, 3.05) is 19.7 Å². The molecule has 120 valence electrons. The van der Waals surface area contributed by atoms with Crippen LogP contribution in [0.1, 0.15) is 37.6 Å². The molecule has 5 nitrogen and oxygen atoms in total. The van der Waals surface area contributed by atoms with Crippen LogP contribution in [-0.4, -0.2) is 43.3 Å². The van der Waals surface area contributed by atoms with Gasteiger partial charge >= 0.3 is 0 Å². The lowest BCUT2D eigenvalue weighted by Crippen LogP contribution is -2.46. The fourth-order valence-electron chi connectivity index (χ4n) is 2.88. The summed E-state index contributed by atoms with van der Waals surface area (Å²) >= 11 is 0. The maximum absolute atomic E-state index is 12.1. The average molecular weight is 305 g/mol. The van der Waals surface area contributed by atoms with Crippen LogP contribution in [0.25, 0.3) is 0 Å². The first-order chi connectivity index (χ1) is 10.4. The summed E-state index contributed by atoms with van der Waals surface area (Å²) in [5, 5.41) is 3.29. The zero-order valence-corrected chi connectivity index (χ0v) is 13.3. The Bertz CT molecular complexity index is 564. The summed E-state index contributed by atoms with van der Waals surface area (Å²) in [6.45, 7) is 8.21. The van der Waals surface area contributed by atoms with Gasteiger partial charge in [-0.3, -0.25) is 4.79 Å². The Morgan fingerprint density at radius 3 is 2.95 bits per heavy atom. The van der Waals surface area contributed by atoms with Crippen molar-refractivity contribution < 1.29 is 19.0 Å². The Hall–Kier alpha value is -1.59. The number of rotatable bonds is 3. The molecule has 0 saturated carbocycles. The highest BCUT2D eigenvalue weighted by atomic mass is 16.5. The highest BCUT2D eigenvalue weighted by Crippen LogP contribution is 2.35. The van der Waals surface area contributed by atoms with Gasteiger partial charge in [0.25, 0.3) is 0 Å². The predicted molar refractivity (Wildman–Crippen MR) is 82.8 cm³/mol. The number of nitrogens with one attached hydrogen (secondary N) is 1. The minimum absolute atomic E-state index is 0.0313. The molecule has 0 radical (unpaired) electrons. The number of ketones is 1. The minimum atomic E-state index is -0.468. The Kier molecular flexibility index (Phi) is 4.10. The van der Waals surface area contributed by atoms with E-state index in [1.54, 1.807) is 12.1 Å². The van der Waals surface area contributed by atoms with Crippen LogP contribution in [0.5, 0.6) is 11.5 Å². The molecule has 1 aromatic carbocycles. The van der Waals surface area contributed by atoms with Crippen molar-refractivity contribution in [3.63, 3.8) is 0 Å². The normalized spacial score (nSPS) is 25.0. The van der Waals surface area contributed by atoms with Gasteiger partial charge in [0.05, 0.1) is 18.6 Å². The summed E-state index contributed by atoms with van der Waals surface area (Å²) in [6, 6.07) is 5.42. The molecule has 2 aliphatic heterocycles. The fraction of sp³-hybridized carbons (Fsp3) is 0.588. The van der Waals surface area contributed by atoms with E-state index in [9.17, 15) is 4.79 Å². The molecule has 0 spiro atoms. The van der Waals surface area contributed by atoms with Gasteiger partial charge in [-0.1, -0.05) is 0 Å². The predicted octanol–water partition coefficient (Wildman–Crippen LogP) is 2.19. The van der Waals surface area contributed by atoms with Gasteiger partial charge < -0.3 is 19.5 Å². The lowest BCUT2D eigenvalue weighted by atomic mass is 9.93. The maximum atomic E-state index is 12.1. The second kappa shape index (κ2) is 5.89. The minimum Gasteiger partial charge on any atom is -0.488 e. The van der Waals surface area contributed by atoms with Gasteiger partial charge in [-0.2, -0.15) is 0 Å². The molecule has 1 saturated heterocycles. The molecule has 1 aromatic rings. The Labute approximate surface area is 130 Å². The van der Waals surface area contributed by atoms with Crippen molar-refractivity contribution in [2.45, 2.75) is 45.0 Å². The lowest BCUT2D eigenvalue weighted by molar-refractivity contribution is -0.0351. The van der Waals surface area contributed by atoms with E-state index >= 15 is 0 Å². The third kappa shape index (κ3) is 3.25. The Morgan fingerprint density at radius 2 is 2.23 bits per heavy atom. The van der Waals surface area contributed by atoms with Gasteiger partial charge in [0.15, 0.2) is 5.78 Å².